The van der Waals surface area contributed by atoms with Crippen LogP contribution in [0.5, 0.6) is 5.75 Å². The van der Waals surface area contributed by atoms with Crippen molar-refractivity contribution in [2.45, 2.75) is 26.7 Å². The molecule has 0 saturated carbocycles. The van der Waals surface area contributed by atoms with Gasteiger partial charge in [0.15, 0.2) is 6.61 Å². The Morgan fingerprint density at radius 1 is 1.32 bits per heavy atom. The van der Waals surface area contributed by atoms with Gasteiger partial charge < -0.3 is 15.2 Å². The molecule has 0 aliphatic carbocycles. The summed E-state index contributed by atoms with van der Waals surface area (Å²) in [6.07, 6.45) is 1.78. The smallest absolute Gasteiger partial charge is 0.344 e. The maximum absolute atomic E-state index is 11.4. The lowest BCUT2D eigenvalue weighted by atomic mass is 10.1. The van der Waals surface area contributed by atoms with Crippen molar-refractivity contribution < 1.29 is 19.1 Å². The van der Waals surface area contributed by atoms with Crippen molar-refractivity contribution in [1.82, 2.24) is 0 Å². The van der Waals surface area contributed by atoms with Gasteiger partial charge in [-0.1, -0.05) is 19.4 Å². The number of carbonyl (C=O) groups is 2. The van der Waals surface area contributed by atoms with Gasteiger partial charge in [-0.15, -0.1) is 0 Å². The highest BCUT2D eigenvalue weighted by atomic mass is 16.6. The maximum atomic E-state index is 11.4. The molecule has 0 saturated heterocycles. The molecule has 2 N–H and O–H groups in total. The molecule has 0 bridgehead atoms. The average molecular weight is 265 g/mol. The lowest BCUT2D eigenvalue weighted by molar-refractivity contribution is -0.146. The highest BCUT2D eigenvalue weighted by molar-refractivity contribution is 5.95. The Kier molecular flexibility index (Phi) is 5.85. The molecule has 5 heteroatoms. The minimum atomic E-state index is -0.589. The highest BCUT2D eigenvalue weighted by Gasteiger charge is 2.11. The Labute approximate surface area is 112 Å². The summed E-state index contributed by atoms with van der Waals surface area (Å²) in [6.45, 7) is 4.02. The van der Waals surface area contributed by atoms with Gasteiger partial charge in [0.25, 0.3) is 5.91 Å². The Bertz CT molecular complexity index is 457. The number of unbranched alkanes of at least 4 members (excludes halogenated alkanes) is 1. The largest absolute Gasteiger partial charge is 0.481 e. The van der Waals surface area contributed by atoms with Crippen molar-refractivity contribution in [1.29, 1.82) is 0 Å². The number of rotatable bonds is 7. The molecule has 0 spiro atoms. The number of aryl methyl sites for hydroxylation is 1. The number of primary amides is 1. The van der Waals surface area contributed by atoms with E-state index in [9.17, 15) is 9.59 Å². The van der Waals surface area contributed by atoms with Crippen molar-refractivity contribution in [3.8, 4) is 5.75 Å². The van der Waals surface area contributed by atoms with Crippen molar-refractivity contribution in [2.24, 2.45) is 5.73 Å². The molecule has 0 unspecified atom stereocenters. The molecule has 0 atom stereocenters. The minimum absolute atomic E-state index is 0.229. The first-order valence-electron chi connectivity index (χ1n) is 6.23. The fourth-order valence-corrected chi connectivity index (χ4v) is 1.46. The van der Waals surface area contributed by atoms with E-state index >= 15 is 0 Å². The van der Waals surface area contributed by atoms with Gasteiger partial charge in [-0.3, -0.25) is 4.79 Å². The number of nitrogens with two attached hydrogens (primary N) is 1. The number of benzene rings is 1. The second-order valence-electron chi connectivity index (χ2n) is 4.23. The van der Waals surface area contributed by atoms with E-state index in [1.165, 1.54) is 0 Å². The topological polar surface area (TPSA) is 78.6 Å². The van der Waals surface area contributed by atoms with E-state index in [1.807, 2.05) is 13.8 Å². The van der Waals surface area contributed by atoms with E-state index in [-0.39, 0.29) is 12.2 Å². The summed E-state index contributed by atoms with van der Waals surface area (Å²) >= 11 is 0. The molecule has 0 heterocycles. The van der Waals surface area contributed by atoms with Crippen LogP contribution in [-0.2, 0) is 9.53 Å². The predicted molar refractivity (Wildman–Crippen MR) is 71.1 cm³/mol. The molecule has 0 aromatic heterocycles. The Hall–Kier alpha value is -2.04. The van der Waals surface area contributed by atoms with Crippen LogP contribution in [0.2, 0.25) is 0 Å². The SMILES string of the molecule is CCCCOC(=O)COc1cc(C)ccc1C(N)=O. The summed E-state index contributed by atoms with van der Waals surface area (Å²) in [5.74, 6) is -0.736. The first kappa shape index (κ1) is 15.0. The third kappa shape index (κ3) is 4.99. The number of ether oxygens (including phenoxy) is 2. The van der Waals surface area contributed by atoms with Crippen LogP contribution in [-0.4, -0.2) is 25.1 Å². The van der Waals surface area contributed by atoms with E-state index in [4.69, 9.17) is 15.2 Å². The van der Waals surface area contributed by atoms with Crippen LogP contribution in [0.3, 0.4) is 0 Å². The fraction of sp³-hybridized carbons (Fsp3) is 0.429. The predicted octanol–water partition coefficient (Wildman–Crippen LogP) is 1.82. The zero-order chi connectivity index (χ0) is 14.3. The maximum Gasteiger partial charge on any atom is 0.344 e. The average Bonchev–Trinajstić information content (AvgIpc) is 2.36. The second kappa shape index (κ2) is 7.41. The number of amides is 1. The van der Waals surface area contributed by atoms with Crippen LogP contribution in [0.4, 0.5) is 0 Å². The second-order valence-corrected chi connectivity index (χ2v) is 4.23. The molecule has 0 fully saturated rings. The van der Waals surface area contributed by atoms with Crippen LogP contribution in [0, 0.1) is 6.92 Å². The van der Waals surface area contributed by atoms with Crippen molar-refractivity contribution in [2.75, 3.05) is 13.2 Å². The summed E-state index contributed by atoms with van der Waals surface area (Å²) in [7, 11) is 0. The fourth-order valence-electron chi connectivity index (χ4n) is 1.46. The summed E-state index contributed by atoms with van der Waals surface area (Å²) in [6, 6.07) is 5.00. The van der Waals surface area contributed by atoms with Gasteiger partial charge >= 0.3 is 5.97 Å². The highest BCUT2D eigenvalue weighted by Crippen LogP contribution is 2.19. The van der Waals surface area contributed by atoms with Crippen molar-refractivity contribution in [3.05, 3.63) is 29.3 Å². The summed E-state index contributed by atoms with van der Waals surface area (Å²) in [5, 5.41) is 0. The molecule has 0 aliphatic heterocycles. The number of esters is 1. The van der Waals surface area contributed by atoms with Crippen LogP contribution < -0.4 is 10.5 Å². The lowest BCUT2D eigenvalue weighted by Gasteiger charge is -2.10. The zero-order valence-electron chi connectivity index (χ0n) is 11.3. The van der Waals surface area contributed by atoms with Gasteiger partial charge in [0.1, 0.15) is 5.75 Å². The zero-order valence-corrected chi connectivity index (χ0v) is 11.3. The molecule has 19 heavy (non-hydrogen) atoms. The van der Waals surface area contributed by atoms with E-state index in [1.54, 1.807) is 18.2 Å². The van der Waals surface area contributed by atoms with Crippen LogP contribution in [0.25, 0.3) is 0 Å². The summed E-state index contributed by atoms with van der Waals surface area (Å²) < 4.78 is 10.3. The third-order valence-electron chi connectivity index (χ3n) is 2.51. The molecule has 104 valence electrons. The monoisotopic (exact) mass is 265 g/mol. The molecule has 1 aromatic carbocycles. The van der Waals surface area contributed by atoms with Gasteiger partial charge in [0, 0.05) is 0 Å². The molecule has 5 nitrogen and oxygen atoms in total. The molecule has 0 radical (unpaired) electrons. The van der Waals surface area contributed by atoms with E-state index in [0.29, 0.717) is 12.4 Å². The molecular formula is C14H19NO4. The molecular weight excluding hydrogens is 246 g/mol. The quantitative estimate of drug-likeness (QED) is 0.602. The van der Waals surface area contributed by atoms with Crippen LogP contribution in [0.1, 0.15) is 35.7 Å². The van der Waals surface area contributed by atoms with Gasteiger partial charge in [-0.05, 0) is 31.0 Å². The first-order chi connectivity index (χ1) is 9.04. The minimum Gasteiger partial charge on any atom is -0.481 e. The van der Waals surface area contributed by atoms with E-state index in [2.05, 4.69) is 0 Å². The number of carbonyl (C=O) groups excluding carboxylic acids is 2. The molecule has 1 amide bonds. The summed E-state index contributed by atoms with van der Waals surface area (Å²) in [4.78, 5) is 22.6. The number of hydrogen-bond donors (Lipinski definition) is 1. The standard InChI is InChI=1S/C14H19NO4/c1-3-4-7-18-13(16)9-19-12-8-10(2)5-6-11(12)14(15)17/h5-6,8H,3-4,7,9H2,1-2H3,(H2,15,17). The van der Waals surface area contributed by atoms with Gasteiger partial charge in [0.05, 0.1) is 12.2 Å². The van der Waals surface area contributed by atoms with E-state index < -0.39 is 11.9 Å². The van der Waals surface area contributed by atoms with Crippen molar-refractivity contribution >= 4 is 11.9 Å². The Morgan fingerprint density at radius 2 is 2.05 bits per heavy atom. The van der Waals surface area contributed by atoms with Crippen LogP contribution in [0.15, 0.2) is 18.2 Å². The Balaban J connectivity index is 2.59. The Morgan fingerprint density at radius 3 is 2.68 bits per heavy atom. The van der Waals surface area contributed by atoms with E-state index in [0.717, 1.165) is 18.4 Å². The lowest BCUT2D eigenvalue weighted by Crippen LogP contribution is -2.18. The number of hydrogen-bond acceptors (Lipinski definition) is 4. The summed E-state index contributed by atoms with van der Waals surface area (Å²) in [5.41, 5.74) is 6.41. The first-order valence-corrected chi connectivity index (χ1v) is 6.23. The molecule has 1 rings (SSSR count). The van der Waals surface area contributed by atoms with Gasteiger partial charge in [0.2, 0.25) is 0 Å². The molecule has 1 aromatic rings. The van der Waals surface area contributed by atoms with Gasteiger partial charge in [-0.25, -0.2) is 4.79 Å². The van der Waals surface area contributed by atoms with Crippen molar-refractivity contribution in [3.63, 3.8) is 0 Å². The van der Waals surface area contributed by atoms with Crippen LogP contribution >= 0.6 is 0 Å². The third-order valence-corrected chi connectivity index (χ3v) is 2.51. The normalized spacial score (nSPS) is 10.0. The molecule has 0 aliphatic rings. The van der Waals surface area contributed by atoms with Gasteiger partial charge in [-0.2, -0.15) is 0 Å².